The lowest BCUT2D eigenvalue weighted by molar-refractivity contribution is -0.0645. The highest BCUT2D eigenvalue weighted by molar-refractivity contribution is 6.30. The van der Waals surface area contributed by atoms with Gasteiger partial charge in [0, 0.05) is 16.3 Å². The topological polar surface area (TPSA) is 62.4 Å². The van der Waals surface area contributed by atoms with E-state index in [2.05, 4.69) is 4.98 Å². The third-order valence-electron chi connectivity index (χ3n) is 5.01. The summed E-state index contributed by atoms with van der Waals surface area (Å²) >= 11 is 0. The van der Waals surface area contributed by atoms with Gasteiger partial charge in [0.25, 0.3) is 11.8 Å². The van der Waals surface area contributed by atoms with E-state index in [4.69, 9.17) is 4.84 Å². The lowest BCUT2D eigenvalue weighted by Crippen LogP contribution is -2.28. The van der Waals surface area contributed by atoms with Crippen molar-refractivity contribution in [1.29, 1.82) is 0 Å². The van der Waals surface area contributed by atoms with Crippen molar-refractivity contribution >= 4 is 33.6 Å². The Labute approximate surface area is 131 Å². The molecule has 0 spiro atoms. The fraction of sp³-hybridized carbons (Fsp3) is 0.222. The van der Waals surface area contributed by atoms with Crippen LogP contribution in [0.5, 0.6) is 0 Å². The van der Waals surface area contributed by atoms with E-state index in [0.29, 0.717) is 11.1 Å². The fourth-order valence-electron chi connectivity index (χ4n) is 4.11. The number of aryl methyl sites for hydroxylation is 1. The highest BCUT2D eigenvalue weighted by Crippen LogP contribution is 2.42. The van der Waals surface area contributed by atoms with Crippen molar-refractivity contribution in [2.75, 3.05) is 7.11 Å². The van der Waals surface area contributed by atoms with Gasteiger partial charge in [-0.2, -0.15) is 0 Å². The van der Waals surface area contributed by atoms with Crippen molar-refractivity contribution in [2.45, 2.75) is 19.3 Å². The summed E-state index contributed by atoms with van der Waals surface area (Å²) in [5.74, 6) is -0.699. The largest absolute Gasteiger partial charge is 0.354 e. The van der Waals surface area contributed by atoms with Crippen LogP contribution in [0.1, 0.15) is 38.3 Å². The van der Waals surface area contributed by atoms with Crippen LogP contribution in [0.3, 0.4) is 0 Å². The van der Waals surface area contributed by atoms with E-state index >= 15 is 0 Å². The Morgan fingerprint density at radius 1 is 1.04 bits per heavy atom. The molecule has 2 aromatic carbocycles. The molecule has 23 heavy (non-hydrogen) atoms. The third kappa shape index (κ3) is 1.40. The van der Waals surface area contributed by atoms with Gasteiger partial charge in [0.1, 0.15) is 0 Å². The number of hydrogen-bond acceptors (Lipinski definition) is 3. The predicted octanol–water partition coefficient (Wildman–Crippen LogP) is 2.97. The van der Waals surface area contributed by atoms with Crippen LogP contribution < -0.4 is 0 Å². The number of nitrogens with one attached hydrogen (secondary N) is 1. The van der Waals surface area contributed by atoms with Crippen molar-refractivity contribution in [3.05, 3.63) is 46.5 Å². The number of amides is 2. The normalized spacial score (nSPS) is 16.7. The molecule has 0 unspecified atom stereocenters. The van der Waals surface area contributed by atoms with E-state index in [1.54, 1.807) is 0 Å². The predicted molar refractivity (Wildman–Crippen MR) is 85.3 cm³/mol. The van der Waals surface area contributed by atoms with Crippen molar-refractivity contribution in [1.82, 2.24) is 10.0 Å². The number of carbonyl (C=O) groups is 2. The summed E-state index contributed by atoms with van der Waals surface area (Å²) in [5, 5.41) is 2.71. The molecular formula is C18H14N2O3. The lowest BCUT2D eigenvalue weighted by atomic mass is 9.94. The number of aromatic nitrogens is 1. The molecule has 5 nitrogen and oxygen atoms in total. The third-order valence-corrected chi connectivity index (χ3v) is 5.01. The van der Waals surface area contributed by atoms with Gasteiger partial charge < -0.3 is 4.98 Å². The Kier molecular flexibility index (Phi) is 2.35. The Morgan fingerprint density at radius 3 is 2.61 bits per heavy atom. The number of carbonyl (C=O) groups excluding carboxylic acids is 2. The molecule has 0 radical (unpaired) electrons. The molecule has 0 fully saturated rings. The molecule has 0 saturated heterocycles. The SMILES string of the molecule is CON1C(=O)c2c3c(c4[nH]c5ccccc5c4c2C1=O)CCC3. The number of rotatable bonds is 1. The Balaban J connectivity index is 2.04. The van der Waals surface area contributed by atoms with Crippen LogP contribution in [0.4, 0.5) is 0 Å². The van der Waals surface area contributed by atoms with Gasteiger partial charge in [-0.05, 0) is 36.5 Å². The van der Waals surface area contributed by atoms with Gasteiger partial charge in [-0.1, -0.05) is 18.2 Å². The molecule has 3 aromatic rings. The minimum Gasteiger partial charge on any atom is -0.354 e. The summed E-state index contributed by atoms with van der Waals surface area (Å²) in [6.45, 7) is 0. The second-order valence-corrected chi connectivity index (χ2v) is 6.07. The fourth-order valence-corrected chi connectivity index (χ4v) is 4.11. The monoisotopic (exact) mass is 306 g/mol. The number of benzene rings is 2. The quantitative estimate of drug-likeness (QED) is 0.703. The second kappa shape index (κ2) is 4.20. The molecule has 1 N–H and O–H groups in total. The maximum Gasteiger partial charge on any atom is 0.286 e. The maximum absolute atomic E-state index is 12.8. The Hall–Kier alpha value is -2.66. The van der Waals surface area contributed by atoms with Crippen LogP contribution in [0.15, 0.2) is 24.3 Å². The molecule has 1 aromatic heterocycles. The van der Waals surface area contributed by atoms with E-state index in [-0.39, 0.29) is 11.8 Å². The first kappa shape index (κ1) is 12.8. The van der Waals surface area contributed by atoms with Gasteiger partial charge in [0.05, 0.1) is 23.8 Å². The summed E-state index contributed by atoms with van der Waals surface area (Å²) in [4.78, 5) is 33.9. The maximum atomic E-state index is 12.8. The number of fused-ring (bicyclic) bond motifs is 8. The summed E-state index contributed by atoms with van der Waals surface area (Å²) in [6.07, 6.45) is 2.77. The van der Waals surface area contributed by atoms with Gasteiger partial charge in [-0.15, -0.1) is 5.06 Å². The number of aromatic amines is 1. The number of H-pyrrole nitrogens is 1. The standard InChI is InChI=1S/C18H14N2O3/c1-23-20-17(21)14-9-6-4-7-10(9)16-13(15(14)18(20)22)11-5-2-3-8-12(11)19-16/h2-3,5,8,19H,4,6-7H2,1H3. The molecule has 5 heteroatoms. The van der Waals surface area contributed by atoms with Crippen LogP contribution in [0.25, 0.3) is 21.8 Å². The molecule has 0 saturated carbocycles. The molecule has 0 atom stereocenters. The number of hydrogen-bond donors (Lipinski definition) is 1. The second-order valence-electron chi connectivity index (χ2n) is 6.07. The molecule has 2 heterocycles. The van der Waals surface area contributed by atoms with Crippen LogP contribution >= 0.6 is 0 Å². The van der Waals surface area contributed by atoms with Gasteiger partial charge in [0.2, 0.25) is 0 Å². The van der Waals surface area contributed by atoms with E-state index in [1.165, 1.54) is 12.7 Å². The van der Waals surface area contributed by atoms with Crippen molar-refractivity contribution in [3.63, 3.8) is 0 Å². The van der Waals surface area contributed by atoms with Gasteiger partial charge >= 0.3 is 0 Å². The van der Waals surface area contributed by atoms with Crippen LogP contribution in [-0.2, 0) is 17.7 Å². The highest BCUT2D eigenvalue weighted by atomic mass is 16.7. The summed E-state index contributed by atoms with van der Waals surface area (Å²) in [7, 11) is 1.36. The molecule has 5 rings (SSSR count). The van der Waals surface area contributed by atoms with E-state index in [1.807, 2.05) is 24.3 Å². The Morgan fingerprint density at radius 2 is 1.78 bits per heavy atom. The van der Waals surface area contributed by atoms with Crippen LogP contribution in [0, 0.1) is 0 Å². The van der Waals surface area contributed by atoms with Gasteiger partial charge in [-0.25, -0.2) is 0 Å². The average Bonchev–Trinajstić information content (AvgIpc) is 3.22. The Bertz CT molecular complexity index is 1030. The zero-order chi connectivity index (χ0) is 15.7. The number of imide groups is 1. The lowest BCUT2D eigenvalue weighted by Gasteiger charge is -2.08. The van der Waals surface area contributed by atoms with Crippen LogP contribution in [-0.4, -0.2) is 29.0 Å². The molecule has 1 aliphatic heterocycles. The first-order valence-corrected chi connectivity index (χ1v) is 7.73. The first-order chi connectivity index (χ1) is 11.2. The van der Waals surface area contributed by atoms with E-state index in [0.717, 1.165) is 51.7 Å². The molecule has 0 bridgehead atoms. The van der Waals surface area contributed by atoms with Crippen LogP contribution in [0.2, 0.25) is 0 Å². The average molecular weight is 306 g/mol. The minimum absolute atomic E-state index is 0.335. The van der Waals surface area contributed by atoms with Crippen molar-refractivity contribution in [3.8, 4) is 0 Å². The highest BCUT2D eigenvalue weighted by Gasteiger charge is 2.42. The van der Waals surface area contributed by atoms with Gasteiger partial charge in [-0.3, -0.25) is 14.4 Å². The van der Waals surface area contributed by atoms with Gasteiger partial charge in [0.15, 0.2) is 0 Å². The molecule has 114 valence electrons. The number of nitrogens with zero attached hydrogens (tertiary/aromatic N) is 1. The van der Waals surface area contributed by atoms with E-state index in [9.17, 15) is 9.59 Å². The number of para-hydroxylation sites is 1. The number of hydroxylamine groups is 2. The summed E-state index contributed by atoms with van der Waals surface area (Å²) in [5.41, 5.74) is 5.20. The smallest absolute Gasteiger partial charge is 0.286 e. The summed E-state index contributed by atoms with van der Waals surface area (Å²) < 4.78 is 0. The molecular weight excluding hydrogens is 292 g/mol. The minimum atomic E-state index is -0.364. The van der Waals surface area contributed by atoms with Crippen molar-refractivity contribution in [2.24, 2.45) is 0 Å². The summed E-state index contributed by atoms with van der Waals surface area (Å²) in [6, 6.07) is 7.90. The van der Waals surface area contributed by atoms with Crippen molar-refractivity contribution < 1.29 is 14.4 Å². The van der Waals surface area contributed by atoms with E-state index < -0.39 is 0 Å². The first-order valence-electron chi connectivity index (χ1n) is 7.73. The zero-order valence-corrected chi connectivity index (χ0v) is 12.6. The zero-order valence-electron chi connectivity index (χ0n) is 12.6. The molecule has 2 aliphatic rings. The molecule has 1 aliphatic carbocycles. The molecule has 2 amide bonds.